The molecule has 0 saturated carbocycles. The van der Waals surface area contributed by atoms with E-state index in [-0.39, 0.29) is 17.5 Å². The number of morpholine rings is 1. The molecule has 0 radical (unpaired) electrons. The van der Waals surface area contributed by atoms with Gasteiger partial charge in [0.25, 0.3) is 0 Å². The van der Waals surface area contributed by atoms with Crippen LogP contribution in [0.1, 0.15) is 27.7 Å². The second kappa shape index (κ2) is 6.15. The highest BCUT2D eigenvalue weighted by Crippen LogP contribution is 2.04. The molecular formula is C12H23N3O3. The number of nitrogens with zero attached hydrogens (tertiary/aromatic N) is 1. The number of rotatable bonds is 2. The standard InChI is InChI=1S/C12H23N3O3/c1-9(15-5-7-18-8-6-15)10(16)13-11(17)14-12(2,3)4/h9H,5-8H2,1-4H3,(H2,13,14,16,17)/t9-/m0/s1. The van der Waals surface area contributed by atoms with E-state index in [1.165, 1.54) is 0 Å². The van der Waals surface area contributed by atoms with E-state index in [9.17, 15) is 9.59 Å². The maximum atomic E-state index is 11.9. The molecule has 1 saturated heterocycles. The van der Waals surface area contributed by atoms with Crippen LogP contribution in [0.5, 0.6) is 0 Å². The van der Waals surface area contributed by atoms with Crippen LogP contribution >= 0.6 is 0 Å². The molecule has 0 spiro atoms. The molecule has 0 unspecified atom stereocenters. The van der Waals surface area contributed by atoms with Gasteiger partial charge in [0.15, 0.2) is 0 Å². The predicted octanol–water partition coefficient (Wildman–Crippen LogP) is 0.331. The Bertz CT molecular complexity index is 306. The third-order valence-electron chi connectivity index (χ3n) is 2.70. The molecule has 0 aromatic carbocycles. The molecule has 1 fully saturated rings. The van der Waals surface area contributed by atoms with E-state index in [4.69, 9.17) is 4.74 Å². The van der Waals surface area contributed by atoms with Crippen LogP contribution in [0.3, 0.4) is 0 Å². The zero-order chi connectivity index (χ0) is 13.8. The summed E-state index contributed by atoms with van der Waals surface area (Å²) in [4.78, 5) is 25.5. The Hall–Kier alpha value is -1.14. The summed E-state index contributed by atoms with van der Waals surface area (Å²) >= 11 is 0. The lowest BCUT2D eigenvalue weighted by atomic mass is 10.1. The van der Waals surface area contributed by atoms with Gasteiger partial charge in [0.05, 0.1) is 19.3 Å². The third-order valence-corrected chi connectivity index (χ3v) is 2.70. The second-order valence-electron chi connectivity index (χ2n) is 5.52. The summed E-state index contributed by atoms with van der Waals surface area (Å²) < 4.78 is 5.22. The predicted molar refractivity (Wildman–Crippen MR) is 68.3 cm³/mol. The lowest BCUT2D eigenvalue weighted by Crippen LogP contribution is -2.54. The quantitative estimate of drug-likeness (QED) is 0.748. The van der Waals surface area contributed by atoms with E-state index in [2.05, 4.69) is 10.6 Å². The van der Waals surface area contributed by atoms with Crippen LogP contribution in [-0.2, 0) is 9.53 Å². The van der Waals surface area contributed by atoms with Crippen molar-refractivity contribution >= 4 is 11.9 Å². The minimum absolute atomic E-state index is 0.279. The summed E-state index contributed by atoms with van der Waals surface area (Å²) in [6, 6.07) is -0.771. The number of urea groups is 1. The zero-order valence-electron chi connectivity index (χ0n) is 11.6. The van der Waals surface area contributed by atoms with Gasteiger partial charge in [0, 0.05) is 18.6 Å². The van der Waals surface area contributed by atoms with Crippen molar-refractivity contribution in [3.05, 3.63) is 0 Å². The second-order valence-corrected chi connectivity index (χ2v) is 5.52. The molecule has 1 atom stereocenters. The van der Waals surface area contributed by atoms with Crippen molar-refractivity contribution in [1.82, 2.24) is 15.5 Å². The fourth-order valence-electron chi connectivity index (χ4n) is 1.72. The van der Waals surface area contributed by atoms with Gasteiger partial charge in [-0.05, 0) is 27.7 Å². The van der Waals surface area contributed by atoms with Crippen LogP contribution < -0.4 is 10.6 Å². The van der Waals surface area contributed by atoms with Crippen molar-refractivity contribution in [1.29, 1.82) is 0 Å². The van der Waals surface area contributed by atoms with Gasteiger partial charge in [0.2, 0.25) is 5.91 Å². The van der Waals surface area contributed by atoms with E-state index >= 15 is 0 Å². The number of hydrogen-bond acceptors (Lipinski definition) is 4. The highest BCUT2D eigenvalue weighted by Gasteiger charge is 2.25. The Labute approximate surface area is 108 Å². The molecule has 6 heteroatoms. The van der Waals surface area contributed by atoms with Gasteiger partial charge in [-0.3, -0.25) is 15.0 Å². The van der Waals surface area contributed by atoms with E-state index in [0.29, 0.717) is 13.2 Å². The minimum Gasteiger partial charge on any atom is -0.379 e. The topological polar surface area (TPSA) is 70.7 Å². The fourth-order valence-corrected chi connectivity index (χ4v) is 1.72. The van der Waals surface area contributed by atoms with Crippen LogP contribution in [0, 0.1) is 0 Å². The molecule has 0 aromatic heterocycles. The number of nitrogens with one attached hydrogen (secondary N) is 2. The molecule has 1 heterocycles. The van der Waals surface area contributed by atoms with Gasteiger partial charge < -0.3 is 10.1 Å². The number of hydrogen-bond donors (Lipinski definition) is 2. The largest absolute Gasteiger partial charge is 0.379 e. The molecule has 0 aromatic rings. The molecule has 1 aliphatic heterocycles. The first-order chi connectivity index (χ1) is 8.29. The number of imide groups is 1. The first-order valence-corrected chi connectivity index (χ1v) is 6.24. The maximum absolute atomic E-state index is 11.9. The summed E-state index contributed by atoms with van der Waals surface area (Å²) in [5, 5.41) is 5.06. The highest BCUT2D eigenvalue weighted by molar-refractivity contribution is 5.97. The smallest absolute Gasteiger partial charge is 0.321 e. The van der Waals surface area contributed by atoms with Crippen LogP contribution in [0.2, 0.25) is 0 Å². The summed E-state index contributed by atoms with van der Waals surface area (Å²) in [6.07, 6.45) is 0. The normalized spacial score (nSPS) is 19.1. The Kier molecular flexibility index (Phi) is 5.10. The van der Waals surface area contributed by atoms with Crippen LogP contribution in [0.25, 0.3) is 0 Å². The number of ether oxygens (including phenoxy) is 1. The lowest BCUT2D eigenvalue weighted by molar-refractivity contribution is -0.126. The van der Waals surface area contributed by atoms with Gasteiger partial charge in [-0.1, -0.05) is 0 Å². The van der Waals surface area contributed by atoms with Gasteiger partial charge in [-0.2, -0.15) is 0 Å². The number of carbonyl (C=O) groups excluding carboxylic acids is 2. The summed E-state index contributed by atoms with van der Waals surface area (Å²) in [7, 11) is 0. The Balaban J connectivity index is 2.41. The van der Waals surface area contributed by atoms with Gasteiger partial charge >= 0.3 is 6.03 Å². The molecule has 1 rings (SSSR count). The van der Waals surface area contributed by atoms with Crippen molar-refractivity contribution in [2.75, 3.05) is 26.3 Å². The Morgan fingerprint density at radius 3 is 2.28 bits per heavy atom. The molecule has 1 aliphatic rings. The molecule has 6 nitrogen and oxygen atoms in total. The number of amides is 3. The molecule has 2 N–H and O–H groups in total. The SMILES string of the molecule is C[C@@H](C(=O)NC(=O)NC(C)(C)C)N1CCOCC1. The summed E-state index contributed by atoms with van der Waals surface area (Å²) in [5.41, 5.74) is -0.355. The molecule has 0 bridgehead atoms. The van der Waals surface area contributed by atoms with Crippen molar-refractivity contribution in [3.63, 3.8) is 0 Å². The average Bonchev–Trinajstić information content (AvgIpc) is 2.26. The van der Waals surface area contributed by atoms with Crippen molar-refractivity contribution in [3.8, 4) is 0 Å². The van der Waals surface area contributed by atoms with Crippen molar-refractivity contribution in [2.24, 2.45) is 0 Å². The van der Waals surface area contributed by atoms with Crippen molar-refractivity contribution < 1.29 is 14.3 Å². The van der Waals surface area contributed by atoms with E-state index < -0.39 is 6.03 Å². The first-order valence-electron chi connectivity index (χ1n) is 6.24. The van der Waals surface area contributed by atoms with E-state index in [0.717, 1.165) is 13.1 Å². The van der Waals surface area contributed by atoms with E-state index in [1.807, 2.05) is 25.7 Å². The highest BCUT2D eigenvalue weighted by atomic mass is 16.5. The Morgan fingerprint density at radius 1 is 1.22 bits per heavy atom. The Morgan fingerprint density at radius 2 is 1.78 bits per heavy atom. The summed E-state index contributed by atoms with van der Waals surface area (Å²) in [5.74, 6) is -0.279. The third kappa shape index (κ3) is 5.01. The number of carbonyl (C=O) groups is 2. The van der Waals surface area contributed by atoms with Crippen molar-refractivity contribution in [2.45, 2.75) is 39.3 Å². The van der Waals surface area contributed by atoms with Gasteiger partial charge in [0.1, 0.15) is 0 Å². The van der Waals surface area contributed by atoms with Crippen LogP contribution in [-0.4, -0.2) is 54.7 Å². The summed E-state index contributed by atoms with van der Waals surface area (Å²) in [6.45, 7) is 10.1. The van der Waals surface area contributed by atoms with Gasteiger partial charge in [-0.25, -0.2) is 4.79 Å². The first kappa shape index (κ1) is 14.9. The molecular weight excluding hydrogens is 234 g/mol. The monoisotopic (exact) mass is 257 g/mol. The van der Waals surface area contributed by atoms with Crippen LogP contribution in [0.4, 0.5) is 4.79 Å². The van der Waals surface area contributed by atoms with E-state index in [1.54, 1.807) is 6.92 Å². The van der Waals surface area contributed by atoms with Crippen LogP contribution in [0.15, 0.2) is 0 Å². The fraction of sp³-hybridized carbons (Fsp3) is 0.833. The molecule has 0 aliphatic carbocycles. The minimum atomic E-state index is -0.451. The lowest BCUT2D eigenvalue weighted by Gasteiger charge is -2.31. The molecule has 104 valence electrons. The molecule has 18 heavy (non-hydrogen) atoms. The maximum Gasteiger partial charge on any atom is 0.321 e. The molecule has 3 amide bonds. The van der Waals surface area contributed by atoms with Gasteiger partial charge in [-0.15, -0.1) is 0 Å². The average molecular weight is 257 g/mol. The zero-order valence-corrected chi connectivity index (χ0v) is 11.6.